The second-order valence-corrected chi connectivity index (χ2v) is 4.96. The van der Waals surface area contributed by atoms with E-state index in [1.54, 1.807) is 6.20 Å². The molecule has 3 nitrogen and oxygen atoms in total. The molecule has 1 unspecified atom stereocenters. The fraction of sp³-hybridized carbons (Fsp3) is 0.545. The minimum atomic E-state index is 0.122. The summed E-state index contributed by atoms with van der Waals surface area (Å²) in [4.78, 5) is 16.9. The Morgan fingerprint density at radius 2 is 2.53 bits per heavy atom. The Hall–Kier alpha value is -0.770. The van der Waals surface area contributed by atoms with Crippen LogP contribution < -0.4 is 0 Å². The number of aromatic nitrogens is 1. The van der Waals surface area contributed by atoms with Crippen molar-refractivity contribution in [3.63, 3.8) is 0 Å². The predicted molar refractivity (Wildman–Crippen MR) is 62.8 cm³/mol. The fourth-order valence-corrected chi connectivity index (χ4v) is 2.36. The van der Waals surface area contributed by atoms with Gasteiger partial charge < -0.3 is 9.88 Å². The van der Waals surface area contributed by atoms with Crippen LogP contribution in [0.2, 0.25) is 0 Å². The first-order valence-corrected chi connectivity index (χ1v) is 6.13. The number of carbonyl (C=O) groups is 1. The van der Waals surface area contributed by atoms with Gasteiger partial charge in [-0.2, -0.15) is 0 Å². The van der Waals surface area contributed by atoms with E-state index in [0.717, 1.165) is 30.4 Å². The maximum atomic E-state index is 12.0. The largest absolute Gasteiger partial charge is 0.356 e. The van der Waals surface area contributed by atoms with Gasteiger partial charge in [0.05, 0.1) is 0 Å². The summed E-state index contributed by atoms with van der Waals surface area (Å²) in [6.07, 6.45) is 4.10. The summed E-state index contributed by atoms with van der Waals surface area (Å²) in [5.41, 5.74) is 0.679. The maximum absolute atomic E-state index is 12.0. The first-order valence-electron chi connectivity index (χ1n) is 5.34. The average molecular weight is 271 g/mol. The number of nitrogens with zero attached hydrogens (tertiary/aromatic N) is 1. The number of rotatable bonds is 2. The minimum Gasteiger partial charge on any atom is -0.356 e. The van der Waals surface area contributed by atoms with Gasteiger partial charge >= 0.3 is 0 Å². The van der Waals surface area contributed by atoms with Crippen LogP contribution in [-0.4, -0.2) is 28.9 Å². The lowest BCUT2D eigenvalue weighted by Gasteiger charge is -2.14. The molecule has 1 saturated heterocycles. The van der Waals surface area contributed by atoms with Gasteiger partial charge in [0.1, 0.15) is 5.69 Å². The molecule has 1 N–H and O–H groups in total. The minimum absolute atomic E-state index is 0.122. The van der Waals surface area contributed by atoms with Crippen molar-refractivity contribution < 1.29 is 4.79 Å². The van der Waals surface area contributed by atoms with Gasteiger partial charge in [-0.1, -0.05) is 13.3 Å². The van der Waals surface area contributed by atoms with Gasteiger partial charge in [0.2, 0.25) is 0 Å². The first kappa shape index (κ1) is 10.7. The topological polar surface area (TPSA) is 36.1 Å². The zero-order chi connectivity index (χ0) is 10.8. The predicted octanol–water partition coefficient (Wildman–Crippen LogP) is 2.65. The summed E-state index contributed by atoms with van der Waals surface area (Å²) in [7, 11) is 0. The highest BCUT2D eigenvalue weighted by molar-refractivity contribution is 9.10. The monoisotopic (exact) mass is 270 g/mol. The summed E-state index contributed by atoms with van der Waals surface area (Å²) < 4.78 is 0.928. The molecular weight excluding hydrogens is 256 g/mol. The lowest BCUT2D eigenvalue weighted by Crippen LogP contribution is -2.28. The normalized spacial score (nSPS) is 20.9. The standard InChI is InChI=1S/C11H15BrN2O/c1-2-8-3-4-14(7-8)11(15)10-5-9(12)6-13-10/h5-6,8,13H,2-4,7H2,1H3. The third kappa shape index (κ3) is 2.25. The van der Waals surface area contributed by atoms with Crippen molar-refractivity contribution >= 4 is 21.8 Å². The summed E-state index contributed by atoms with van der Waals surface area (Å²) in [5.74, 6) is 0.809. The van der Waals surface area contributed by atoms with Crippen molar-refractivity contribution in [1.82, 2.24) is 9.88 Å². The van der Waals surface area contributed by atoms with E-state index >= 15 is 0 Å². The van der Waals surface area contributed by atoms with Crippen LogP contribution in [0.25, 0.3) is 0 Å². The molecule has 0 bridgehead atoms. The van der Waals surface area contributed by atoms with Crippen LogP contribution in [0.15, 0.2) is 16.7 Å². The Morgan fingerprint density at radius 3 is 3.07 bits per heavy atom. The number of nitrogens with one attached hydrogen (secondary N) is 1. The molecule has 0 aromatic carbocycles. The van der Waals surface area contributed by atoms with Crippen molar-refractivity contribution in [3.8, 4) is 0 Å². The molecule has 1 aliphatic rings. The van der Waals surface area contributed by atoms with Gasteiger partial charge in [0, 0.05) is 23.8 Å². The highest BCUT2D eigenvalue weighted by atomic mass is 79.9. The van der Waals surface area contributed by atoms with Crippen molar-refractivity contribution in [1.29, 1.82) is 0 Å². The van der Waals surface area contributed by atoms with Crippen LogP contribution in [0.4, 0.5) is 0 Å². The zero-order valence-electron chi connectivity index (χ0n) is 8.79. The molecule has 0 spiro atoms. The lowest BCUT2D eigenvalue weighted by atomic mass is 10.1. The summed E-state index contributed by atoms with van der Waals surface area (Å²) in [6.45, 7) is 3.99. The number of hydrogen-bond acceptors (Lipinski definition) is 1. The van der Waals surface area contributed by atoms with E-state index in [0.29, 0.717) is 11.6 Å². The van der Waals surface area contributed by atoms with E-state index in [1.165, 1.54) is 0 Å². The maximum Gasteiger partial charge on any atom is 0.270 e. The van der Waals surface area contributed by atoms with E-state index in [1.807, 2.05) is 11.0 Å². The summed E-state index contributed by atoms with van der Waals surface area (Å²) >= 11 is 3.33. The number of H-pyrrole nitrogens is 1. The van der Waals surface area contributed by atoms with Gasteiger partial charge in [0.25, 0.3) is 5.91 Å². The average Bonchev–Trinajstić information content (AvgIpc) is 2.84. The number of carbonyl (C=O) groups excluding carboxylic acids is 1. The van der Waals surface area contributed by atoms with Crippen LogP contribution in [-0.2, 0) is 0 Å². The Labute approximate surface area is 98.0 Å². The summed E-state index contributed by atoms with van der Waals surface area (Å²) in [6, 6.07) is 1.83. The van der Waals surface area contributed by atoms with Gasteiger partial charge in [-0.25, -0.2) is 0 Å². The molecule has 0 saturated carbocycles. The Balaban J connectivity index is 2.03. The number of likely N-dealkylation sites (tertiary alicyclic amines) is 1. The van der Waals surface area contributed by atoms with E-state index in [-0.39, 0.29) is 5.91 Å². The molecule has 82 valence electrons. The van der Waals surface area contributed by atoms with Crippen molar-refractivity contribution in [3.05, 3.63) is 22.4 Å². The number of amides is 1. The Kier molecular flexibility index (Phi) is 3.14. The number of hydrogen-bond donors (Lipinski definition) is 1. The van der Waals surface area contributed by atoms with E-state index in [2.05, 4.69) is 27.8 Å². The van der Waals surface area contributed by atoms with Crippen molar-refractivity contribution in [2.45, 2.75) is 19.8 Å². The highest BCUT2D eigenvalue weighted by Gasteiger charge is 2.26. The number of aromatic amines is 1. The zero-order valence-corrected chi connectivity index (χ0v) is 10.4. The third-order valence-corrected chi connectivity index (χ3v) is 3.49. The van der Waals surface area contributed by atoms with E-state index < -0.39 is 0 Å². The molecule has 2 rings (SSSR count). The molecule has 4 heteroatoms. The molecule has 15 heavy (non-hydrogen) atoms. The molecular formula is C11H15BrN2O. The highest BCUT2D eigenvalue weighted by Crippen LogP contribution is 2.21. The van der Waals surface area contributed by atoms with Crippen LogP contribution in [0.1, 0.15) is 30.3 Å². The van der Waals surface area contributed by atoms with Crippen LogP contribution in [0.3, 0.4) is 0 Å². The van der Waals surface area contributed by atoms with Crippen LogP contribution >= 0.6 is 15.9 Å². The van der Waals surface area contributed by atoms with Gasteiger partial charge in [-0.15, -0.1) is 0 Å². The van der Waals surface area contributed by atoms with Gasteiger partial charge in [-0.05, 0) is 34.3 Å². The van der Waals surface area contributed by atoms with E-state index in [9.17, 15) is 4.79 Å². The Morgan fingerprint density at radius 1 is 1.73 bits per heavy atom. The first-order chi connectivity index (χ1) is 7.20. The van der Waals surface area contributed by atoms with E-state index in [4.69, 9.17) is 0 Å². The molecule has 2 heterocycles. The third-order valence-electron chi connectivity index (χ3n) is 3.03. The molecule has 1 aromatic rings. The molecule has 0 radical (unpaired) electrons. The molecule has 1 aliphatic heterocycles. The second kappa shape index (κ2) is 4.39. The SMILES string of the molecule is CCC1CCN(C(=O)c2cc(Br)c[nH]2)C1. The molecule has 1 fully saturated rings. The number of halogens is 1. The second-order valence-electron chi connectivity index (χ2n) is 4.05. The summed E-state index contributed by atoms with van der Waals surface area (Å²) in [5, 5.41) is 0. The lowest BCUT2D eigenvalue weighted by molar-refractivity contribution is 0.0782. The molecule has 1 amide bonds. The van der Waals surface area contributed by atoms with Crippen molar-refractivity contribution in [2.24, 2.45) is 5.92 Å². The van der Waals surface area contributed by atoms with Gasteiger partial charge in [0.15, 0.2) is 0 Å². The quantitative estimate of drug-likeness (QED) is 0.882. The Bertz CT molecular complexity index is 361. The van der Waals surface area contributed by atoms with Gasteiger partial charge in [-0.3, -0.25) is 4.79 Å². The molecule has 1 atom stereocenters. The fourth-order valence-electron chi connectivity index (χ4n) is 2.01. The van der Waals surface area contributed by atoms with Crippen molar-refractivity contribution in [2.75, 3.05) is 13.1 Å². The van der Waals surface area contributed by atoms with Crippen LogP contribution in [0, 0.1) is 5.92 Å². The van der Waals surface area contributed by atoms with Crippen LogP contribution in [0.5, 0.6) is 0 Å². The molecule has 1 aromatic heterocycles. The molecule has 0 aliphatic carbocycles. The smallest absolute Gasteiger partial charge is 0.270 e.